The molecule has 0 atom stereocenters. The van der Waals surface area contributed by atoms with Crippen LogP contribution in [0.25, 0.3) is 0 Å². The molecule has 3 heterocycles. The van der Waals surface area contributed by atoms with Gasteiger partial charge in [0, 0.05) is 25.3 Å². The molecular formula is C15H22N6OS. The molecule has 8 heteroatoms. The minimum absolute atomic E-state index is 0.740. The summed E-state index contributed by atoms with van der Waals surface area (Å²) in [5.74, 6) is 1.71. The molecule has 124 valence electrons. The van der Waals surface area contributed by atoms with Gasteiger partial charge in [-0.2, -0.15) is 0 Å². The molecular weight excluding hydrogens is 312 g/mol. The number of morpholine rings is 1. The van der Waals surface area contributed by atoms with Gasteiger partial charge in [-0.3, -0.25) is 4.57 Å². The van der Waals surface area contributed by atoms with Crippen LogP contribution in [0.1, 0.15) is 25.4 Å². The number of ether oxygens (including phenoxy) is 1. The quantitative estimate of drug-likeness (QED) is 0.774. The Balaban J connectivity index is 1.85. The highest BCUT2D eigenvalue weighted by molar-refractivity contribution is 7.99. The largest absolute Gasteiger partial charge is 0.378 e. The molecule has 1 fully saturated rings. The number of hydrogen-bond donors (Lipinski definition) is 0. The van der Waals surface area contributed by atoms with Crippen molar-refractivity contribution in [3.63, 3.8) is 0 Å². The first-order chi connectivity index (χ1) is 11.2. The fraction of sp³-hybridized carbons (Fsp3) is 0.600. The lowest BCUT2D eigenvalue weighted by atomic mass is 10.3. The number of rotatable bonds is 5. The Labute approximate surface area is 140 Å². The van der Waals surface area contributed by atoms with E-state index in [4.69, 9.17) is 4.74 Å². The summed E-state index contributed by atoms with van der Waals surface area (Å²) in [4.78, 5) is 11.2. The van der Waals surface area contributed by atoms with Crippen molar-refractivity contribution < 1.29 is 4.74 Å². The fourth-order valence-electron chi connectivity index (χ4n) is 2.56. The predicted molar refractivity (Wildman–Crippen MR) is 89.0 cm³/mol. The lowest BCUT2D eigenvalue weighted by molar-refractivity contribution is 0.121. The third-order valence-electron chi connectivity index (χ3n) is 3.73. The smallest absolute Gasteiger partial charge is 0.228 e. The number of anilines is 1. The van der Waals surface area contributed by atoms with Crippen molar-refractivity contribution in [2.45, 2.75) is 43.9 Å². The Morgan fingerprint density at radius 1 is 1.17 bits per heavy atom. The van der Waals surface area contributed by atoms with E-state index in [0.717, 1.165) is 66.9 Å². The molecule has 2 aromatic heterocycles. The summed E-state index contributed by atoms with van der Waals surface area (Å²) in [6.45, 7) is 10.2. The van der Waals surface area contributed by atoms with E-state index in [-0.39, 0.29) is 0 Å². The molecule has 0 spiro atoms. The van der Waals surface area contributed by atoms with Crippen LogP contribution in [0.3, 0.4) is 0 Å². The van der Waals surface area contributed by atoms with Gasteiger partial charge < -0.3 is 9.64 Å². The van der Waals surface area contributed by atoms with Crippen molar-refractivity contribution in [2.75, 3.05) is 31.2 Å². The Hall–Kier alpha value is -1.67. The topological polar surface area (TPSA) is 69.0 Å². The van der Waals surface area contributed by atoms with Gasteiger partial charge in [-0.25, -0.2) is 9.97 Å². The molecule has 0 N–H and O–H groups in total. The Kier molecular flexibility index (Phi) is 5.12. The molecule has 7 nitrogen and oxygen atoms in total. The summed E-state index contributed by atoms with van der Waals surface area (Å²) in [5, 5.41) is 10.6. The molecule has 2 aromatic rings. The first-order valence-electron chi connectivity index (χ1n) is 7.99. The lowest BCUT2D eigenvalue weighted by Gasteiger charge is -2.27. The Morgan fingerprint density at radius 2 is 1.96 bits per heavy atom. The number of hydrogen-bond acceptors (Lipinski definition) is 7. The van der Waals surface area contributed by atoms with Crippen LogP contribution in [-0.2, 0) is 17.7 Å². The van der Waals surface area contributed by atoms with Gasteiger partial charge in [0.25, 0.3) is 0 Å². The van der Waals surface area contributed by atoms with Crippen LogP contribution in [0.4, 0.5) is 5.95 Å². The van der Waals surface area contributed by atoms with Crippen LogP contribution >= 0.6 is 11.8 Å². The zero-order valence-corrected chi connectivity index (χ0v) is 14.6. The third kappa shape index (κ3) is 3.64. The van der Waals surface area contributed by atoms with Crippen LogP contribution in [0.15, 0.2) is 16.2 Å². The van der Waals surface area contributed by atoms with Crippen molar-refractivity contribution in [1.29, 1.82) is 0 Å². The summed E-state index contributed by atoms with van der Waals surface area (Å²) < 4.78 is 7.55. The highest BCUT2D eigenvalue weighted by Gasteiger charge is 2.20. The molecule has 1 aliphatic rings. The maximum Gasteiger partial charge on any atom is 0.228 e. The van der Waals surface area contributed by atoms with Crippen molar-refractivity contribution in [3.8, 4) is 0 Å². The molecule has 0 aromatic carbocycles. The van der Waals surface area contributed by atoms with Crippen LogP contribution < -0.4 is 4.90 Å². The molecule has 0 unspecified atom stereocenters. The fourth-order valence-corrected chi connectivity index (χ4v) is 3.52. The second-order valence-electron chi connectivity index (χ2n) is 5.33. The summed E-state index contributed by atoms with van der Waals surface area (Å²) in [7, 11) is 0. The number of aromatic nitrogens is 5. The second-order valence-corrected chi connectivity index (χ2v) is 6.31. The highest BCUT2D eigenvalue weighted by atomic mass is 32.2. The third-order valence-corrected chi connectivity index (χ3v) is 4.64. The molecule has 0 saturated carbocycles. The molecule has 0 bridgehead atoms. The summed E-state index contributed by atoms with van der Waals surface area (Å²) in [6.07, 6.45) is 0.899. The van der Waals surface area contributed by atoms with Crippen LogP contribution in [0.5, 0.6) is 0 Å². The first kappa shape index (κ1) is 16.2. The van der Waals surface area contributed by atoms with Gasteiger partial charge in [0.05, 0.1) is 13.2 Å². The average Bonchev–Trinajstić information content (AvgIpc) is 2.97. The van der Waals surface area contributed by atoms with Crippen molar-refractivity contribution >= 4 is 17.7 Å². The molecule has 0 amide bonds. The van der Waals surface area contributed by atoms with E-state index in [2.05, 4.69) is 43.5 Å². The highest BCUT2D eigenvalue weighted by Crippen LogP contribution is 2.28. The van der Waals surface area contributed by atoms with E-state index < -0.39 is 0 Å². The summed E-state index contributed by atoms with van der Waals surface area (Å²) >= 11 is 1.55. The Morgan fingerprint density at radius 3 is 2.65 bits per heavy atom. The maximum absolute atomic E-state index is 5.41. The van der Waals surface area contributed by atoms with Crippen molar-refractivity contribution in [2.24, 2.45) is 0 Å². The standard InChI is InChI=1S/C15H22N6OS/c1-4-12-10-13(17-11(3)16-12)23-15-19-18-14(21(15)5-2)20-6-8-22-9-7-20/h10H,4-9H2,1-3H3. The van der Waals surface area contributed by atoms with E-state index in [1.165, 1.54) is 0 Å². The number of aryl methyl sites for hydroxylation is 2. The monoisotopic (exact) mass is 334 g/mol. The van der Waals surface area contributed by atoms with Gasteiger partial charge in [-0.1, -0.05) is 6.92 Å². The SMILES string of the molecule is CCc1cc(Sc2nnc(N3CCOCC3)n2CC)nc(C)n1. The Bertz CT molecular complexity index is 668. The lowest BCUT2D eigenvalue weighted by Crippen LogP contribution is -2.38. The predicted octanol–water partition coefficient (Wildman–Crippen LogP) is 1.95. The number of nitrogens with zero attached hydrogens (tertiary/aromatic N) is 6. The second kappa shape index (κ2) is 7.27. The summed E-state index contributed by atoms with van der Waals surface area (Å²) in [6, 6.07) is 2.03. The average molecular weight is 334 g/mol. The maximum atomic E-state index is 5.41. The normalized spacial score (nSPS) is 15.2. The molecule has 1 saturated heterocycles. The molecule has 0 radical (unpaired) electrons. The van der Waals surface area contributed by atoms with Crippen LogP contribution in [0.2, 0.25) is 0 Å². The molecule has 0 aliphatic carbocycles. The summed E-state index contributed by atoms with van der Waals surface area (Å²) in [5.41, 5.74) is 1.05. The van der Waals surface area contributed by atoms with Gasteiger partial charge in [0.1, 0.15) is 10.9 Å². The van der Waals surface area contributed by atoms with E-state index in [1.807, 2.05) is 13.0 Å². The van der Waals surface area contributed by atoms with Crippen LogP contribution in [-0.4, -0.2) is 51.0 Å². The zero-order valence-electron chi connectivity index (χ0n) is 13.8. The van der Waals surface area contributed by atoms with Crippen molar-refractivity contribution in [1.82, 2.24) is 24.7 Å². The van der Waals surface area contributed by atoms with Crippen LogP contribution in [0, 0.1) is 6.92 Å². The zero-order chi connectivity index (χ0) is 16.2. The minimum Gasteiger partial charge on any atom is -0.378 e. The first-order valence-corrected chi connectivity index (χ1v) is 8.81. The van der Waals surface area contributed by atoms with E-state index >= 15 is 0 Å². The minimum atomic E-state index is 0.740. The molecule has 23 heavy (non-hydrogen) atoms. The molecule has 1 aliphatic heterocycles. The van der Waals surface area contributed by atoms with Gasteiger partial charge in [0.2, 0.25) is 5.95 Å². The molecule has 3 rings (SSSR count). The van der Waals surface area contributed by atoms with Crippen molar-refractivity contribution in [3.05, 3.63) is 17.6 Å². The van der Waals surface area contributed by atoms with Gasteiger partial charge >= 0.3 is 0 Å². The van der Waals surface area contributed by atoms with Gasteiger partial charge in [-0.05, 0) is 38.1 Å². The van der Waals surface area contributed by atoms with Gasteiger partial charge in [0.15, 0.2) is 5.16 Å². The van der Waals surface area contributed by atoms with Gasteiger partial charge in [-0.15, -0.1) is 10.2 Å². The van der Waals surface area contributed by atoms with E-state index in [9.17, 15) is 0 Å². The van der Waals surface area contributed by atoms with E-state index in [1.54, 1.807) is 11.8 Å². The van der Waals surface area contributed by atoms with E-state index in [0.29, 0.717) is 0 Å².